The first-order chi connectivity index (χ1) is 16.9. The molecule has 1 saturated heterocycles. The van der Waals surface area contributed by atoms with Gasteiger partial charge in [0.2, 0.25) is 17.8 Å². The first-order valence-corrected chi connectivity index (χ1v) is 12.2. The van der Waals surface area contributed by atoms with Crippen LogP contribution in [0.15, 0.2) is 58.7 Å². The van der Waals surface area contributed by atoms with Crippen LogP contribution in [0.2, 0.25) is 0 Å². The maximum atomic E-state index is 13.3. The number of nitrogens with zero attached hydrogens (tertiary/aromatic N) is 4. The summed E-state index contributed by atoms with van der Waals surface area (Å²) in [4.78, 5) is 47.9. The van der Waals surface area contributed by atoms with Gasteiger partial charge in [-0.1, -0.05) is 25.1 Å². The lowest BCUT2D eigenvalue weighted by molar-refractivity contribution is -0.122. The molecule has 0 radical (unpaired) electrons. The van der Waals surface area contributed by atoms with Gasteiger partial charge in [-0.25, -0.2) is 4.98 Å². The smallest absolute Gasteiger partial charge is 0.252 e. The summed E-state index contributed by atoms with van der Waals surface area (Å²) in [7, 11) is 0. The summed E-state index contributed by atoms with van der Waals surface area (Å²) in [6.45, 7) is 4.17. The Bertz CT molecular complexity index is 1460. The minimum absolute atomic E-state index is 0.0924. The number of amides is 2. The van der Waals surface area contributed by atoms with Gasteiger partial charge in [-0.15, -0.1) is 11.3 Å². The van der Waals surface area contributed by atoms with Crippen LogP contribution >= 0.6 is 11.3 Å². The molecule has 1 aromatic carbocycles. The largest absolute Gasteiger partial charge is 0.312 e. The lowest BCUT2D eigenvalue weighted by Gasteiger charge is -2.17. The van der Waals surface area contributed by atoms with Crippen LogP contribution in [0.25, 0.3) is 16.5 Å². The number of benzene rings is 1. The predicted molar refractivity (Wildman–Crippen MR) is 135 cm³/mol. The number of aryl methyl sites for hydroxylation is 2. The molecule has 1 aliphatic heterocycles. The van der Waals surface area contributed by atoms with E-state index in [2.05, 4.69) is 20.4 Å². The van der Waals surface area contributed by atoms with E-state index in [1.54, 1.807) is 11.0 Å². The summed E-state index contributed by atoms with van der Waals surface area (Å²) in [5, 5.41) is 9.47. The monoisotopic (exact) mass is 488 g/mol. The van der Waals surface area contributed by atoms with Gasteiger partial charge in [-0.3, -0.25) is 19.4 Å². The molecule has 1 fully saturated rings. The number of anilines is 2. The summed E-state index contributed by atoms with van der Waals surface area (Å²) in [5.41, 5.74) is 2.79. The maximum Gasteiger partial charge on any atom is 0.252 e. The lowest BCUT2D eigenvalue weighted by Crippen LogP contribution is -2.29. The third-order valence-electron chi connectivity index (χ3n) is 5.89. The van der Waals surface area contributed by atoms with Crippen molar-refractivity contribution in [3.8, 4) is 16.5 Å². The highest BCUT2D eigenvalue weighted by atomic mass is 32.1. The van der Waals surface area contributed by atoms with Crippen LogP contribution in [-0.2, 0) is 16.0 Å². The van der Waals surface area contributed by atoms with Gasteiger partial charge in [-0.05, 0) is 42.5 Å². The van der Waals surface area contributed by atoms with Gasteiger partial charge >= 0.3 is 0 Å². The van der Waals surface area contributed by atoms with Crippen LogP contribution in [0, 0.1) is 12.8 Å². The third kappa shape index (κ3) is 4.65. The fourth-order valence-electron chi connectivity index (χ4n) is 4.11. The van der Waals surface area contributed by atoms with Crippen molar-refractivity contribution in [2.24, 2.45) is 5.92 Å². The van der Waals surface area contributed by atoms with E-state index in [4.69, 9.17) is 0 Å². The molecule has 3 aromatic heterocycles. The van der Waals surface area contributed by atoms with E-state index in [1.807, 2.05) is 55.6 Å². The predicted octanol–water partition coefficient (Wildman–Crippen LogP) is 3.55. The van der Waals surface area contributed by atoms with E-state index >= 15 is 0 Å². The maximum absolute atomic E-state index is 13.3. The molecule has 0 bridgehead atoms. The third-order valence-corrected chi connectivity index (χ3v) is 6.78. The van der Waals surface area contributed by atoms with Crippen molar-refractivity contribution in [3.63, 3.8) is 0 Å². The summed E-state index contributed by atoms with van der Waals surface area (Å²) in [5.74, 6) is -0.315. The lowest BCUT2D eigenvalue weighted by atomic mass is 10.1. The number of hydrogen-bond acceptors (Lipinski definition) is 6. The quantitative estimate of drug-likeness (QED) is 0.431. The van der Waals surface area contributed by atoms with Crippen molar-refractivity contribution in [1.29, 1.82) is 0 Å². The van der Waals surface area contributed by atoms with Crippen molar-refractivity contribution < 1.29 is 9.59 Å². The van der Waals surface area contributed by atoms with Crippen LogP contribution in [0.3, 0.4) is 0 Å². The van der Waals surface area contributed by atoms with Crippen molar-refractivity contribution in [1.82, 2.24) is 19.7 Å². The molecule has 35 heavy (non-hydrogen) atoms. The number of aromatic amines is 1. The van der Waals surface area contributed by atoms with Crippen LogP contribution in [0.5, 0.6) is 0 Å². The normalized spacial score (nSPS) is 15.5. The van der Waals surface area contributed by atoms with Gasteiger partial charge in [0, 0.05) is 36.5 Å². The van der Waals surface area contributed by atoms with Gasteiger partial charge in [0.15, 0.2) is 0 Å². The highest BCUT2D eigenvalue weighted by Gasteiger charge is 2.35. The fourth-order valence-corrected chi connectivity index (χ4v) is 4.79. The number of H-pyrrole nitrogens is 1. The van der Waals surface area contributed by atoms with Gasteiger partial charge in [-0.2, -0.15) is 9.78 Å². The zero-order chi connectivity index (χ0) is 24.5. The molecule has 10 heteroatoms. The van der Waals surface area contributed by atoms with E-state index in [0.29, 0.717) is 30.2 Å². The molecule has 4 heterocycles. The molecular weight excluding hydrogens is 464 g/mol. The molecule has 2 N–H and O–H groups in total. The first kappa shape index (κ1) is 22.7. The molecule has 1 unspecified atom stereocenters. The molecule has 4 aromatic rings. The second-order valence-corrected chi connectivity index (χ2v) is 9.40. The Morgan fingerprint density at radius 3 is 2.80 bits per heavy atom. The van der Waals surface area contributed by atoms with Crippen molar-refractivity contribution in [2.45, 2.75) is 26.7 Å². The SMILES string of the molecule is CCc1cc(=O)[nH]c(-n2nc(-c3cccs3)cc2NC(=O)C2CC(=O)N(c3cccc(C)c3)C2)n1. The topological polar surface area (TPSA) is 113 Å². The van der Waals surface area contributed by atoms with Gasteiger partial charge < -0.3 is 10.2 Å². The van der Waals surface area contributed by atoms with Gasteiger partial charge in [0.05, 0.1) is 10.8 Å². The zero-order valence-corrected chi connectivity index (χ0v) is 20.1. The minimum atomic E-state index is -0.523. The van der Waals surface area contributed by atoms with Crippen LogP contribution < -0.4 is 15.8 Å². The number of nitrogens with one attached hydrogen (secondary N) is 2. The summed E-state index contributed by atoms with van der Waals surface area (Å²) < 4.78 is 1.43. The highest BCUT2D eigenvalue weighted by Crippen LogP contribution is 2.29. The average Bonchev–Trinajstić information content (AvgIpc) is 3.58. The summed E-state index contributed by atoms with van der Waals surface area (Å²) in [6, 6.07) is 14.7. The van der Waals surface area contributed by atoms with E-state index in [-0.39, 0.29) is 29.7 Å². The molecule has 1 atom stereocenters. The van der Waals surface area contributed by atoms with Crippen LogP contribution in [0.4, 0.5) is 11.5 Å². The number of carbonyl (C=O) groups is 2. The molecule has 2 amide bonds. The number of aromatic nitrogens is 4. The molecule has 0 saturated carbocycles. The Hall–Kier alpha value is -4.05. The molecule has 178 valence electrons. The second-order valence-electron chi connectivity index (χ2n) is 8.45. The van der Waals surface area contributed by atoms with Gasteiger partial charge in [0.1, 0.15) is 11.5 Å². The minimum Gasteiger partial charge on any atom is -0.312 e. The molecular formula is C25H24N6O3S. The van der Waals surface area contributed by atoms with Crippen molar-refractivity contribution >= 4 is 34.7 Å². The van der Waals surface area contributed by atoms with E-state index in [9.17, 15) is 14.4 Å². The Morgan fingerprint density at radius 1 is 1.20 bits per heavy atom. The highest BCUT2D eigenvalue weighted by molar-refractivity contribution is 7.13. The van der Waals surface area contributed by atoms with E-state index in [0.717, 1.165) is 16.1 Å². The van der Waals surface area contributed by atoms with Crippen LogP contribution in [-0.4, -0.2) is 38.1 Å². The molecule has 1 aliphatic rings. The number of hydrogen-bond donors (Lipinski definition) is 2. The van der Waals surface area contributed by atoms with Crippen LogP contribution in [0.1, 0.15) is 24.6 Å². The first-order valence-electron chi connectivity index (χ1n) is 11.3. The fraction of sp³-hybridized carbons (Fsp3) is 0.240. The number of rotatable bonds is 6. The molecule has 0 aliphatic carbocycles. The van der Waals surface area contributed by atoms with E-state index < -0.39 is 5.92 Å². The second kappa shape index (κ2) is 9.30. The number of carbonyl (C=O) groups excluding carboxylic acids is 2. The Labute approximate surface area is 205 Å². The Kier molecular flexibility index (Phi) is 6.04. The van der Waals surface area contributed by atoms with Gasteiger partial charge in [0.25, 0.3) is 5.56 Å². The number of thiophene rings is 1. The zero-order valence-electron chi connectivity index (χ0n) is 19.3. The van der Waals surface area contributed by atoms with Crippen molar-refractivity contribution in [3.05, 3.63) is 75.5 Å². The average molecular weight is 489 g/mol. The molecule has 0 spiro atoms. The van der Waals surface area contributed by atoms with E-state index in [1.165, 1.54) is 22.1 Å². The Balaban J connectivity index is 1.44. The summed E-state index contributed by atoms with van der Waals surface area (Å²) in [6.07, 6.45) is 0.697. The summed E-state index contributed by atoms with van der Waals surface area (Å²) >= 11 is 1.52. The van der Waals surface area contributed by atoms with Crippen molar-refractivity contribution in [2.75, 3.05) is 16.8 Å². The molecule has 5 rings (SSSR count). The molecule has 9 nitrogen and oxygen atoms in total. The Morgan fingerprint density at radius 2 is 2.06 bits per heavy atom. The standard InChI is InChI=1S/C25H24N6O3S/c1-3-17-12-22(32)28-25(26-17)31-21(13-19(29-31)20-8-5-9-35-20)27-24(34)16-11-23(33)30(14-16)18-7-4-6-15(2)10-18/h4-10,12-13,16H,3,11,14H2,1-2H3,(H,27,34)(H,26,28,32).